The van der Waals surface area contributed by atoms with Gasteiger partial charge in [-0.2, -0.15) is 0 Å². The Kier molecular flexibility index (Phi) is 4.12. The van der Waals surface area contributed by atoms with Gasteiger partial charge in [0.05, 0.1) is 0 Å². The first-order valence-electron chi connectivity index (χ1n) is 6.49. The molecule has 0 atom stereocenters. The minimum Gasteiger partial charge on any atom is -0.366 e. The predicted octanol–water partition coefficient (Wildman–Crippen LogP) is 1.92. The highest BCUT2D eigenvalue weighted by atomic mass is 16.2. The average molecular weight is 248 g/mol. The van der Waals surface area contributed by atoms with E-state index in [1.165, 1.54) is 37.0 Å². The summed E-state index contributed by atoms with van der Waals surface area (Å²) in [4.78, 5) is 13.1. The Morgan fingerprint density at radius 3 is 2.50 bits per heavy atom. The van der Waals surface area contributed by atoms with Gasteiger partial charge in [-0.05, 0) is 25.0 Å². The van der Waals surface area contributed by atoms with Crippen LogP contribution in [0.4, 0.5) is 5.82 Å². The summed E-state index contributed by atoms with van der Waals surface area (Å²) in [6.45, 7) is 0. The molecule has 98 valence electrons. The lowest BCUT2D eigenvalue weighted by Gasteiger charge is -2.22. The lowest BCUT2D eigenvalue weighted by Crippen LogP contribution is -2.25. The first kappa shape index (κ1) is 12.8. The van der Waals surface area contributed by atoms with Gasteiger partial charge < -0.3 is 10.2 Å². The molecule has 1 heterocycles. The summed E-state index contributed by atoms with van der Waals surface area (Å²) in [6.07, 6.45) is 6.28. The van der Waals surface area contributed by atoms with Crippen molar-refractivity contribution < 1.29 is 4.79 Å². The topological polar surface area (TPSA) is 58.1 Å². The highest BCUT2D eigenvalue weighted by molar-refractivity contribution is 5.91. The maximum atomic E-state index is 11.6. The van der Waals surface area contributed by atoms with Crippen LogP contribution in [-0.2, 0) is 0 Å². The van der Waals surface area contributed by atoms with E-state index in [0.29, 0.717) is 11.7 Å². The van der Waals surface area contributed by atoms with Crippen LogP contribution in [0.1, 0.15) is 42.6 Å². The van der Waals surface area contributed by atoms with Crippen LogP contribution >= 0.6 is 0 Å². The van der Waals surface area contributed by atoms with E-state index in [1.54, 1.807) is 20.2 Å². The minimum absolute atomic E-state index is 0.119. The number of rotatable bonds is 3. The third-order valence-electron chi connectivity index (χ3n) is 3.25. The molecule has 0 unspecified atom stereocenters. The maximum Gasteiger partial charge on any atom is 0.273 e. The Morgan fingerprint density at radius 2 is 1.94 bits per heavy atom. The molecule has 0 bridgehead atoms. The Hall–Kier alpha value is -1.65. The van der Waals surface area contributed by atoms with Crippen LogP contribution in [0.5, 0.6) is 0 Å². The molecule has 5 heteroatoms. The first-order valence-corrected chi connectivity index (χ1v) is 6.49. The van der Waals surface area contributed by atoms with Crippen LogP contribution in [-0.4, -0.2) is 41.1 Å². The molecule has 0 radical (unpaired) electrons. The SMILES string of the molecule is CN(C)C(=O)c1ccc(NC2CCCCC2)nn1. The molecular formula is C13H20N4O. The molecule has 2 rings (SSSR count). The van der Waals surface area contributed by atoms with Crippen molar-refractivity contribution in [3.8, 4) is 0 Å². The minimum atomic E-state index is -0.119. The van der Waals surface area contributed by atoms with Gasteiger partial charge in [0, 0.05) is 20.1 Å². The molecule has 1 aromatic heterocycles. The molecule has 0 aliphatic heterocycles. The summed E-state index contributed by atoms with van der Waals surface area (Å²) in [5.74, 6) is 0.643. The summed E-state index contributed by atoms with van der Waals surface area (Å²) in [6, 6.07) is 4.06. The van der Waals surface area contributed by atoms with Crippen molar-refractivity contribution in [3.05, 3.63) is 17.8 Å². The molecule has 5 nitrogen and oxygen atoms in total. The van der Waals surface area contributed by atoms with E-state index in [4.69, 9.17) is 0 Å². The van der Waals surface area contributed by atoms with E-state index >= 15 is 0 Å². The van der Waals surface area contributed by atoms with E-state index < -0.39 is 0 Å². The van der Waals surface area contributed by atoms with Gasteiger partial charge in [-0.15, -0.1) is 10.2 Å². The molecule has 18 heavy (non-hydrogen) atoms. The van der Waals surface area contributed by atoms with E-state index in [1.807, 2.05) is 6.07 Å². The first-order chi connectivity index (χ1) is 8.66. The third kappa shape index (κ3) is 3.18. The predicted molar refractivity (Wildman–Crippen MR) is 70.5 cm³/mol. The van der Waals surface area contributed by atoms with Crippen molar-refractivity contribution in [1.82, 2.24) is 15.1 Å². The molecule has 1 fully saturated rings. The highest BCUT2D eigenvalue weighted by Crippen LogP contribution is 2.20. The third-order valence-corrected chi connectivity index (χ3v) is 3.25. The fraction of sp³-hybridized carbons (Fsp3) is 0.615. The Balaban J connectivity index is 1.96. The van der Waals surface area contributed by atoms with Crippen molar-refractivity contribution in [2.45, 2.75) is 38.1 Å². The van der Waals surface area contributed by atoms with Crippen LogP contribution < -0.4 is 5.32 Å². The summed E-state index contributed by atoms with van der Waals surface area (Å²) >= 11 is 0. The molecule has 0 spiro atoms. The van der Waals surface area contributed by atoms with Crippen LogP contribution in [0.25, 0.3) is 0 Å². The van der Waals surface area contributed by atoms with Crippen LogP contribution in [0, 0.1) is 0 Å². The number of nitrogens with zero attached hydrogens (tertiary/aromatic N) is 3. The molecule has 1 saturated carbocycles. The molecule has 1 aliphatic rings. The average Bonchev–Trinajstić information content (AvgIpc) is 2.40. The normalized spacial score (nSPS) is 16.3. The number of hydrogen-bond acceptors (Lipinski definition) is 4. The zero-order valence-electron chi connectivity index (χ0n) is 11.0. The van der Waals surface area contributed by atoms with Crippen molar-refractivity contribution in [2.24, 2.45) is 0 Å². The number of nitrogens with one attached hydrogen (secondary N) is 1. The Labute approximate surface area is 108 Å². The summed E-state index contributed by atoms with van der Waals surface area (Å²) in [7, 11) is 3.41. The second-order valence-electron chi connectivity index (χ2n) is 4.98. The van der Waals surface area contributed by atoms with Gasteiger partial charge in [0.1, 0.15) is 5.82 Å². The molecule has 1 aromatic rings. The molecule has 1 aliphatic carbocycles. The van der Waals surface area contributed by atoms with E-state index in [-0.39, 0.29) is 5.91 Å². The number of carbonyl (C=O) groups excluding carboxylic acids is 1. The van der Waals surface area contributed by atoms with Gasteiger partial charge in [0.25, 0.3) is 5.91 Å². The van der Waals surface area contributed by atoms with Gasteiger partial charge in [-0.25, -0.2) is 0 Å². The van der Waals surface area contributed by atoms with E-state index in [9.17, 15) is 4.79 Å². The highest BCUT2D eigenvalue weighted by Gasteiger charge is 2.14. The molecule has 0 saturated heterocycles. The zero-order valence-corrected chi connectivity index (χ0v) is 11.0. The van der Waals surface area contributed by atoms with Crippen molar-refractivity contribution in [1.29, 1.82) is 0 Å². The standard InChI is InChI=1S/C13H20N4O/c1-17(2)13(18)11-8-9-12(16-15-11)14-10-6-4-3-5-7-10/h8-10H,3-7H2,1-2H3,(H,14,16). The summed E-state index contributed by atoms with van der Waals surface area (Å²) in [5, 5.41) is 11.4. The number of carbonyl (C=O) groups is 1. The molecule has 1 amide bonds. The molecule has 0 aromatic carbocycles. The number of amides is 1. The summed E-state index contributed by atoms with van der Waals surface area (Å²) < 4.78 is 0. The van der Waals surface area contributed by atoms with Crippen LogP contribution in [0.15, 0.2) is 12.1 Å². The Morgan fingerprint density at radius 1 is 1.22 bits per heavy atom. The number of aromatic nitrogens is 2. The lowest BCUT2D eigenvalue weighted by molar-refractivity contribution is 0.0821. The van der Waals surface area contributed by atoms with Gasteiger partial charge in [-0.3, -0.25) is 4.79 Å². The Bertz CT molecular complexity index is 396. The largest absolute Gasteiger partial charge is 0.366 e. The molecule has 1 N–H and O–H groups in total. The quantitative estimate of drug-likeness (QED) is 0.888. The second-order valence-corrected chi connectivity index (χ2v) is 4.98. The maximum absolute atomic E-state index is 11.6. The second kappa shape index (κ2) is 5.80. The number of anilines is 1. The smallest absolute Gasteiger partial charge is 0.273 e. The van der Waals surface area contributed by atoms with Crippen molar-refractivity contribution >= 4 is 11.7 Å². The van der Waals surface area contributed by atoms with Crippen molar-refractivity contribution in [3.63, 3.8) is 0 Å². The monoisotopic (exact) mass is 248 g/mol. The van der Waals surface area contributed by atoms with Crippen LogP contribution in [0.3, 0.4) is 0 Å². The number of hydrogen-bond donors (Lipinski definition) is 1. The van der Waals surface area contributed by atoms with Crippen molar-refractivity contribution in [2.75, 3.05) is 19.4 Å². The van der Waals surface area contributed by atoms with Gasteiger partial charge in [0.2, 0.25) is 0 Å². The van der Waals surface area contributed by atoms with Gasteiger partial charge >= 0.3 is 0 Å². The zero-order chi connectivity index (χ0) is 13.0. The lowest BCUT2D eigenvalue weighted by atomic mass is 9.95. The van der Waals surface area contributed by atoms with E-state index in [2.05, 4.69) is 15.5 Å². The molecular weight excluding hydrogens is 228 g/mol. The fourth-order valence-corrected chi connectivity index (χ4v) is 2.21. The van der Waals surface area contributed by atoms with Crippen LogP contribution in [0.2, 0.25) is 0 Å². The van der Waals surface area contributed by atoms with E-state index in [0.717, 1.165) is 5.82 Å². The fourth-order valence-electron chi connectivity index (χ4n) is 2.21. The van der Waals surface area contributed by atoms with Gasteiger partial charge in [-0.1, -0.05) is 19.3 Å². The van der Waals surface area contributed by atoms with Gasteiger partial charge in [0.15, 0.2) is 5.69 Å². The summed E-state index contributed by atoms with van der Waals surface area (Å²) in [5.41, 5.74) is 0.384.